The Morgan fingerprint density at radius 1 is 1.25 bits per heavy atom. The van der Waals surface area contributed by atoms with Crippen LogP contribution in [0.5, 0.6) is 0 Å². The summed E-state index contributed by atoms with van der Waals surface area (Å²) in [5, 5.41) is 6.67. The zero-order valence-electron chi connectivity index (χ0n) is 10.7. The predicted molar refractivity (Wildman–Crippen MR) is 80.2 cm³/mol. The minimum absolute atomic E-state index is 0.0338. The molecule has 2 heterocycles. The van der Waals surface area contributed by atoms with Gasteiger partial charge in [0.2, 0.25) is 0 Å². The Balaban J connectivity index is 1.78. The molecule has 1 aromatic carbocycles. The molecule has 0 unspecified atom stereocenters. The van der Waals surface area contributed by atoms with Gasteiger partial charge in [0.1, 0.15) is 9.88 Å². The highest BCUT2D eigenvalue weighted by molar-refractivity contribution is 7.10. The number of rotatable bonds is 4. The smallest absolute Gasteiger partial charge is 0.183 e. The van der Waals surface area contributed by atoms with Crippen LogP contribution in [0.1, 0.15) is 20.4 Å². The molecule has 0 spiro atoms. The molecular formula is C14H11N3OS2. The second-order valence-corrected chi connectivity index (χ2v) is 5.98. The number of hydrogen-bond donors (Lipinski definition) is 0. The average Bonchev–Trinajstić information content (AvgIpc) is 3.09. The van der Waals surface area contributed by atoms with Gasteiger partial charge in [0, 0.05) is 10.9 Å². The van der Waals surface area contributed by atoms with Gasteiger partial charge < -0.3 is 0 Å². The minimum atomic E-state index is 0.0338. The maximum Gasteiger partial charge on any atom is 0.183 e. The van der Waals surface area contributed by atoms with Crippen molar-refractivity contribution in [1.29, 1.82) is 0 Å². The number of aromatic nitrogens is 3. The summed E-state index contributed by atoms with van der Waals surface area (Å²) in [7, 11) is 0. The maximum absolute atomic E-state index is 12.1. The zero-order chi connectivity index (χ0) is 13.9. The molecule has 100 valence electrons. The quantitative estimate of drug-likeness (QED) is 0.693. The standard InChI is InChI=1S/C14H11N3OS2/c1-9-14(20-17-16-9)12(18)7-13-15-11(8-19-13)10-5-3-2-4-6-10/h2-6,8H,7H2,1H3. The molecule has 2 aromatic heterocycles. The summed E-state index contributed by atoms with van der Waals surface area (Å²) in [5.74, 6) is 0.0338. The van der Waals surface area contributed by atoms with E-state index < -0.39 is 0 Å². The van der Waals surface area contributed by atoms with E-state index in [1.165, 1.54) is 11.3 Å². The van der Waals surface area contributed by atoms with Gasteiger partial charge in [-0.2, -0.15) is 0 Å². The Morgan fingerprint density at radius 2 is 2.05 bits per heavy atom. The predicted octanol–water partition coefficient (Wildman–Crippen LogP) is 3.40. The Hall–Kier alpha value is -1.92. The lowest BCUT2D eigenvalue weighted by atomic mass is 10.2. The molecule has 0 saturated heterocycles. The number of carbonyl (C=O) groups is 1. The molecule has 3 aromatic rings. The number of hydrogen-bond acceptors (Lipinski definition) is 6. The highest BCUT2D eigenvalue weighted by atomic mass is 32.1. The fourth-order valence-electron chi connectivity index (χ4n) is 1.84. The maximum atomic E-state index is 12.1. The molecule has 0 bridgehead atoms. The summed E-state index contributed by atoms with van der Waals surface area (Å²) in [6, 6.07) is 9.95. The molecule has 0 radical (unpaired) electrons. The number of aryl methyl sites for hydroxylation is 1. The Morgan fingerprint density at radius 3 is 2.75 bits per heavy atom. The summed E-state index contributed by atoms with van der Waals surface area (Å²) >= 11 is 2.65. The van der Waals surface area contributed by atoms with E-state index in [4.69, 9.17) is 0 Å². The van der Waals surface area contributed by atoms with Crippen molar-refractivity contribution < 1.29 is 4.79 Å². The third-order valence-corrected chi connectivity index (χ3v) is 4.56. The molecule has 0 aliphatic heterocycles. The Bertz CT molecular complexity index is 734. The summed E-state index contributed by atoms with van der Waals surface area (Å²) in [6.07, 6.45) is 0.308. The van der Waals surface area contributed by atoms with Gasteiger partial charge in [0.15, 0.2) is 5.78 Å². The first-order chi connectivity index (χ1) is 9.74. The van der Waals surface area contributed by atoms with E-state index in [2.05, 4.69) is 14.6 Å². The number of carbonyl (C=O) groups excluding carboxylic acids is 1. The van der Waals surface area contributed by atoms with E-state index in [-0.39, 0.29) is 5.78 Å². The van der Waals surface area contributed by atoms with Crippen LogP contribution < -0.4 is 0 Å². The van der Waals surface area contributed by atoms with Crippen molar-refractivity contribution in [3.05, 3.63) is 51.3 Å². The summed E-state index contributed by atoms with van der Waals surface area (Å²) in [6.45, 7) is 1.80. The lowest BCUT2D eigenvalue weighted by Gasteiger charge is -1.96. The van der Waals surface area contributed by atoms with E-state index in [1.54, 1.807) is 6.92 Å². The highest BCUT2D eigenvalue weighted by Crippen LogP contribution is 2.23. The van der Waals surface area contributed by atoms with Crippen LogP contribution in [0, 0.1) is 6.92 Å². The van der Waals surface area contributed by atoms with Gasteiger partial charge in [0.05, 0.1) is 17.8 Å². The normalized spacial score (nSPS) is 10.7. The monoisotopic (exact) mass is 301 g/mol. The van der Waals surface area contributed by atoms with Gasteiger partial charge in [-0.1, -0.05) is 34.8 Å². The van der Waals surface area contributed by atoms with Crippen LogP contribution in [0.15, 0.2) is 35.7 Å². The molecular weight excluding hydrogens is 290 g/mol. The Labute approximate surface area is 124 Å². The van der Waals surface area contributed by atoms with Gasteiger partial charge in [0.25, 0.3) is 0 Å². The van der Waals surface area contributed by atoms with E-state index in [1.807, 2.05) is 35.7 Å². The lowest BCUT2D eigenvalue weighted by molar-refractivity contribution is 0.0996. The van der Waals surface area contributed by atoms with Gasteiger partial charge in [-0.3, -0.25) is 4.79 Å². The number of nitrogens with zero attached hydrogens (tertiary/aromatic N) is 3. The van der Waals surface area contributed by atoms with Crippen LogP contribution in [-0.4, -0.2) is 20.4 Å². The molecule has 0 aliphatic carbocycles. The number of benzene rings is 1. The first-order valence-electron chi connectivity index (χ1n) is 6.06. The molecule has 0 fully saturated rings. The molecule has 0 atom stereocenters. The molecule has 0 aliphatic rings. The molecule has 4 nitrogen and oxygen atoms in total. The lowest BCUT2D eigenvalue weighted by Crippen LogP contribution is -2.02. The van der Waals surface area contributed by atoms with E-state index in [0.717, 1.165) is 27.8 Å². The summed E-state index contributed by atoms with van der Waals surface area (Å²) in [5.41, 5.74) is 2.68. The van der Waals surface area contributed by atoms with Gasteiger partial charge in [-0.25, -0.2) is 4.98 Å². The molecule has 3 rings (SSSR count). The number of ketones is 1. The first kappa shape index (κ1) is 13.1. The van der Waals surface area contributed by atoms with E-state index >= 15 is 0 Å². The molecule has 0 saturated carbocycles. The van der Waals surface area contributed by atoms with Crippen LogP contribution in [0.25, 0.3) is 11.3 Å². The molecule has 20 heavy (non-hydrogen) atoms. The van der Waals surface area contributed by atoms with Gasteiger partial charge in [-0.05, 0) is 18.5 Å². The second kappa shape index (κ2) is 5.60. The third-order valence-electron chi connectivity index (χ3n) is 2.84. The van der Waals surface area contributed by atoms with Crippen molar-refractivity contribution in [2.24, 2.45) is 0 Å². The van der Waals surface area contributed by atoms with Crippen LogP contribution in [-0.2, 0) is 6.42 Å². The van der Waals surface area contributed by atoms with E-state index in [0.29, 0.717) is 17.0 Å². The fourth-order valence-corrected chi connectivity index (χ4v) is 3.23. The highest BCUT2D eigenvalue weighted by Gasteiger charge is 2.15. The third kappa shape index (κ3) is 2.66. The SMILES string of the molecule is Cc1nnsc1C(=O)Cc1nc(-c2ccccc2)cs1. The summed E-state index contributed by atoms with van der Waals surface area (Å²) < 4.78 is 3.79. The van der Waals surface area contributed by atoms with Crippen LogP contribution in [0.3, 0.4) is 0 Å². The molecule has 6 heteroatoms. The minimum Gasteiger partial charge on any atom is -0.293 e. The van der Waals surface area contributed by atoms with E-state index in [9.17, 15) is 4.79 Å². The number of Topliss-reactive ketones (excluding diaryl/α,β-unsaturated/α-hetero) is 1. The number of thiazole rings is 1. The zero-order valence-corrected chi connectivity index (χ0v) is 12.4. The first-order valence-corrected chi connectivity index (χ1v) is 7.71. The molecule has 0 amide bonds. The van der Waals surface area contributed by atoms with Crippen molar-refractivity contribution in [2.45, 2.75) is 13.3 Å². The Kier molecular flexibility index (Phi) is 3.66. The van der Waals surface area contributed by atoms with Gasteiger partial charge in [-0.15, -0.1) is 16.4 Å². The van der Waals surface area contributed by atoms with Crippen LogP contribution >= 0.6 is 22.9 Å². The van der Waals surface area contributed by atoms with Crippen molar-refractivity contribution in [3.63, 3.8) is 0 Å². The van der Waals surface area contributed by atoms with Crippen molar-refractivity contribution in [3.8, 4) is 11.3 Å². The largest absolute Gasteiger partial charge is 0.293 e. The van der Waals surface area contributed by atoms with Gasteiger partial charge >= 0.3 is 0 Å². The average molecular weight is 301 g/mol. The fraction of sp³-hybridized carbons (Fsp3) is 0.143. The summed E-state index contributed by atoms with van der Waals surface area (Å²) in [4.78, 5) is 17.3. The van der Waals surface area contributed by atoms with Crippen molar-refractivity contribution in [1.82, 2.24) is 14.6 Å². The topological polar surface area (TPSA) is 55.7 Å². The van der Waals surface area contributed by atoms with Crippen LogP contribution in [0.2, 0.25) is 0 Å². The molecule has 0 N–H and O–H groups in total. The van der Waals surface area contributed by atoms with Crippen molar-refractivity contribution >= 4 is 28.7 Å². The van der Waals surface area contributed by atoms with Crippen molar-refractivity contribution in [2.75, 3.05) is 0 Å². The second-order valence-electron chi connectivity index (χ2n) is 4.28. The van der Waals surface area contributed by atoms with Crippen LogP contribution in [0.4, 0.5) is 0 Å².